The zero-order valence-electron chi connectivity index (χ0n) is 25.4. The Labute approximate surface area is 273 Å². The Hall–Kier alpha value is -6.30. The number of nitrogens with one attached hydrogen (secondary N) is 1. The predicted octanol–water partition coefficient (Wildman–Crippen LogP) is 6.02. The van der Waals surface area contributed by atoms with Crippen molar-refractivity contribution < 1.29 is 23.2 Å². The first kappa shape index (κ1) is 31.7. The number of nitrogens with two attached hydrogens (primary N) is 2. The van der Waals surface area contributed by atoms with E-state index in [0.29, 0.717) is 12.1 Å². The van der Waals surface area contributed by atoms with Crippen LogP contribution in [0.1, 0.15) is 38.3 Å². The maximum atomic E-state index is 12.0. The maximum Gasteiger partial charge on any atom is 0.315 e. The van der Waals surface area contributed by atoms with Crippen LogP contribution in [-0.2, 0) is 17.6 Å². The van der Waals surface area contributed by atoms with Gasteiger partial charge in [0.2, 0.25) is 5.91 Å². The van der Waals surface area contributed by atoms with E-state index in [-0.39, 0.29) is 16.8 Å². The number of benzene rings is 3. The Morgan fingerprint density at radius 3 is 2.42 bits per heavy atom. The monoisotopic (exact) mass is 645 g/mol. The van der Waals surface area contributed by atoms with Gasteiger partial charge in [-0.2, -0.15) is 8.78 Å². The number of pyridine rings is 2. The maximum absolute atomic E-state index is 12.0. The Morgan fingerprint density at radius 2 is 1.69 bits per heavy atom. The van der Waals surface area contributed by atoms with Crippen LogP contribution in [0.15, 0.2) is 97.2 Å². The number of fused-ring (bicyclic) bond motifs is 2. The van der Waals surface area contributed by atoms with E-state index in [1.165, 1.54) is 23.6 Å². The van der Waals surface area contributed by atoms with E-state index in [1.54, 1.807) is 6.20 Å². The molecule has 0 unspecified atom stereocenters. The number of hydrogen-bond donors (Lipinski definition) is 3. The molecule has 10 nitrogen and oxygen atoms in total. The number of hydrogen-bond acceptors (Lipinski definition) is 7. The van der Waals surface area contributed by atoms with Crippen LogP contribution in [0, 0.1) is 0 Å². The molecule has 0 saturated heterocycles. The van der Waals surface area contributed by atoms with E-state index in [0.717, 1.165) is 64.5 Å². The summed E-state index contributed by atoms with van der Waals surface area (Å²) in [4.78, 5) is 46.4. The standard InChI is InChI=1S/C26H21N5.C10H8F2N2O3/c27-24-21(10-5-15-28-24)25-30-23-14-13-22(18-6-2-1-3-7-18)29-26(23)31(25)20-12-11-17-8-4-9-19(17)16-20;11-8(12)10(17)14-7-2-1-5(9(13)16)3-6(7)4-15/h1-3,5-7,10-16H,4,8-9H2,(H2,27,28);1-4,8H,(H2,13,16)(H,14,17). The van der Waals surface area contributed by atoms with Gasteiger partial charge >= 0.3 is 6.43 Å². The van der Waals surface area contributed by atoms with Crippen LogP contribution in [0.2, 0.25) is 0 Å². The molecular weight excluding hydrogens is 616 g/mol. The van der Waals surface area contributed by atoms with Crippen molar-refractivity contribution in [2.75, 3.05) is 11.1 Å². The van der Waals surface area contributed by atoms with Crippen LogP contribution < -0.4 is 16.8 Å². The SMILES string of the molecule is NC(=O)c1ccc(NC(=O)C(F)F)c(C=O)c1.Nc1ncccc1-c1nc2ccc(-c3ccccc3)nc2n1-c1ccc2c(c1)CCC2. The van der Waals surface area contributed by atoms with Crippen molar-refractivity contribution in [1.82, 2.24) is 19.5 Å². The number of carbonyl (C=O) groups is 3. The number of nitrogens with zero attached hydrogens (tertiary/aromatic N) is 4. The Kier molecular flexibility index (Phi) is 8.97. The zero-order valence-corrected chi connectivity index (χ0v) is 25.4. The summed E-state index contributed by atoms with van der Waals surface area (Å²) in [6, 6.07) is 28.3. The lowest BCUT2D eigenvalue weighted by atomic mass is 10.1. The summed E-state index contributed by atoms with van der Waals surface area (Å²) in [5, 5.41) is 1.85. The lowest BCUT2D eigenvalue weighted by molar-refractivity contribution is -0.126. The summed E-state index contributed by atoms with van der Waals surface area (Å²) in [6.07, 6.45) is 2.32. The fourth-order valence-corrected chi connectivity index (χ4v) is 5.57. The number of carbonyl (C=O) groups excluding carboxylic acids is 3. The molecule has 1 aliphatic carbocycles. The normalized spacial score (nSPS) is 11.9. The Morgan fingerprint density at radius 1 is 0.896 bits per heavy atom. The third-order valence-corrected chi connectivity index (χ3v) is 7.91. The van der Waals surface area contributed by atoms with Crippen molar-refractivity contribution >= 4 is 40.8 Å². The minimum absolute atomic E-state index is 0.0437. The van der Waals surface area contributed by atoms with Crippen LogP contribution in [0.4, 0.5) is 20.3 Å². The van der Waals surface area contributed by atoms with Gasteiger partial charge in [-0.1, -0.05) is 36.4 Å². The van der Waals surface area contributed by atoms with Crippen molar-refractivity contribution in [3.8, 4) is 28.3 Å². The molecule has 5 N–H and O–H groups in total. The highest BCUT2D eigenvalue weighted by molar-refractivity contribution is 6.01. The van der Waals surface area contributed by atoms with Crippen LogP contribution in [0.25, 0.3) is 39.5 Å². The molecule has 0 saturated carbocycles. The lowest BCUT2D eigenvalue weighted by Crippen LogP contribution is -2.21. The second-order valence-electron chi connectivity index (χ2n) is 11.0. The summed E-state index contributed by atoms with van der Waals surface area (Å²) in [5.41, 5.74) is 19.4. The van der Waals surface area contributed by atoms with E-state index >= 15 is 0 Å². The van der Waals surface area contributed by atoms with Crippen molar-refractivity contribution in [1.29, 1.82) is 0 Å². The van der Waals surface area contributed by atoms with Crippen molar-refractivity contribution in [2.45, 2.75) is 25.7 Å². The Bertz CT molecular complexity index is 2170. The summed E-state index contributed by atoms with van der Waals surface area (Å²) in [6.45, 7) is 0. The fraction of sp³-hybridized carbons (Fsp3) is 0.111. The largest absolute Gasteiger partial charge is 0.383 e. The van der Waals surface area contributed by atoms with Gasteiger partial charge in [-0.05, 0) is 85.0 Å². The molecule has 0 atom stereocenters. The average Bonchev–Trinajstić information content (AvgIpc) is 3.73. The molecule has 12 heteroatoms. The predicted molar refractivity (Wildman–Crippen MR) is 179 cm³/mol. The topological polar surface area (TPSA) is 159 Å². The number of rotatable bonds is 7. The number of aryl methyl sites for hydroxylation is 2. The first-order valence-corrected chi connectivity index (χ1v) is 15.0. The number of aldehydes is 1. The number of imidazole rings is 1. The van der Waals surface area contributed by atoms with Crippen LogP contribution in [0.3, 0.4) is 0 Å². The van der Waals surface area contributed by atoms with E-state index in [1.807, 2.05) is 47.8 Å². The second kappa shape index (κ2) is 13.6. The molecule has 0 spiro atoms. The van der Waals surface area contributed by atoms with Gasteiger partial charge in [0.1, 0.15) is 11.3 Å². The summed E-state index contributed by atoms with van der Waals surface area (Å²) in [5.74, 6) is -1.07. The van der Waals surface area contributed by atoms with E-state index in [9.17, 15) is 23.2 Å². The number of amides is 2. The van der Waals surface area contributed by atoms with Gasteiger partial charge < -0.3 is 16.8 Å². The first-order chi connectivity index (χ1) is 23.2. The van der Waals surface area contributed by atoms with Gasteiger partial charge in [0.25, 0.3) is 5.91 Å². The van der Waals surface area contributed by atoms with Crippen molar-refractivity contribution in [3.63, 3.8) is 0 Å². The fourth-order valence-electron chi connectivity index (χ4n) is 5.57. The molecule has 3 heterocycles. The lowest BCUT2D eigenvalue weighted by Gasteiger charge is -2.12. The zero-order chi connectivity index (χ0) is 33.8. The van der Waals surface area contributed by atoms with Crippen LogP contribution in [-0.4, -0.2) is 44.0 Å². The number of aromatic nitrogens is 4. The van der Waals surface area contributed by atoms with Gasteiger partial charge in [-0.25, -0.2) is 15.0 Å². The van der Waals surface area contributed by atoms with Gasteiger partial charge in [-0.15, -0.1) is 0 Å². The molecule has 0 fully saturated rings. The third-order valence-electron chi connectivity index (χ3n) is 7.91. The molecule has 0 aliphatic heterocycles. The number of alkyl halides is 2. The van der Waals surface area contributed by atoms with Crippen molar-refractivity contribution in [3.05, 3.63) is 119 Å². The molecule has 240 valence electrons. The quantitative estimate of drug-likeness (QED) is 0.179. The van der Waals surface area contributed by atoms with E-state index in [4.69, 9.17) is 21.4 Å². The summed E-state index contributed by atoms with van der Waals surface area (Å²) < 4.78 is 26.1. The highest BCUT2D eigenvalue weighted by atomic mass is 19.3. The molecule has 2 amide bonds. The van der Waals surface area contributed by atoms with Gasteiger partial charge in [0.15, 0.2) is 17.8 Å². The highest BCUT2D eigenvalue weighted by Crippen LogP contribution is 2.33. The minimum atomic E-state index is -3.19. The molecule has 6 aromatic rings. The van der Waals surface area contributed by atoms with E-state index < -0.39 is 18.2 Å². The third kappa shape index (κ3) is 6.49. The molecule has 3 aromatic heterocycles. The number of nitrogen functional groups attached to an aromatic ring is 1. The van der Waals surface area contributed by atoms with Crippen LogP contribution in [0.5, 0.6) is 0 Å². The highest BCUT2D eigenvalue weighted by Gasteiger charge is 2.21. The van der Waals surface area contributed by atoms with Gasteiger partial charge in [0, 0.05) is 28.6 Å². The molecular formula is C36H29F2N7O3. The molecule has 1 aliphatic rings. The number of halogens is 2. The van der Waals surface area contributed by atoms with Gasteiger partial charge in [-0.3, -0.25) is 19.0 Å². The smallest absolute Gasteiger partial charge is 0.315 e. The van der Waals surface area contributed by atoms with Crippen LogP contribution >= 0.6 is 0 Å². The number of anilines is 2. The molecule has 0 radical (unpaired) electrons. The van der Waals surface area contributed by atoms with Gasteiger partial charge in [0.05, 0.1) is 16.9 Å². The minimum Gasteiger partial charge on any atom is -0.383 e. The molecule has 0 bridgehead atoms. The first-order valence-electron chi connectivity index (χ1n) is 15.0. The average molecular weight is 646 g/mol. The summed E-state index contributed by atoms with van der Waals surface area (Å²) in [7, 11) is 0. The molecule has 48 heavy (non-hydrogen) atoms. The summed E-state index contributed by atoms with van der Waals surface area (Å²) >= 11 is 0. The molecule has 3 aromatic carbocycles. The Balaban J connectivity index is 0.000000202. The molecule has 7 rings (SSSR count). The van der Waals surface area contributed by atoms with Crippen molar-refractivity contribution in [2.24, 2.45) is 5.73 Å². The second-order valence-corrected chi connectivity index (χ2v) is 11.0. The van der Waals surface area contributed by atoms with E-state index in [2.05, 4.69) is 39.9 Å². The number of primary amides is 1.